The van der Waals surface area contributed by atoms with Crippen LogP contribution in [0.5, 0.6) is 0 Å². The van der Waals surface area contributed by atoms with Gasteiger partial charge in [0, 0.05) is 11.5 Å². The first kappa shape index (κ1) is 35.6. The van der Waals surface area contributed by atoms with Gasteiger partial charge in [-0.1, -0.05) is 25.5 Å². The van der Waals surface area contributed by atoms with E-state index in [0.717, 1.165) is 44.1 Å². The molecule has 0 spiro atoms. The van der Waals surface area contributed by atoms with Crippen LogP contribution in [0.25, 0.3) is 0 Å². The average molecular weight is 693 g/mol. The summed E-state index contributed by atoms with van der Waals surface area (Å²) in [6.07, 6.45) is -4.13. The highest BCUT2D eigenvalue weighted by molar-refractivity contribution is 5.31. The lowest BCUT2D eigenvalue weighted by Crippen LogP contribution is -2.64. The molecule has 49 heavy (non-hydrogen) atoms. The first-order valence-electron chi connectivity index (χ1n) is 17.9. The fourth-order valence-electron chi connectivity index (χ4n) is 10.7. The third-order valence-corrected chi connectivity index (χ3v) is 13.6. The average Bonchev–Trinajstić information content (AvgIpc) is 3.36. The molecule has 3 heterocycles. The highest BCUT2D eigenvalue weighted by Gasteiger charge is 2.67. The molecular formula is C36H52O13. The molecule has 274 valence electrons. The number of hydrogen-bond donors (Lipinski definition) is 7. The summed E-state index contributed by atoms with van der Waals surface area (Å²) in [6, 6.07) is 3.31. The lowest BCUT2D eigenvalue weighted by atomic mass is 9.45. The van der Waals surface area contributed by atoms with Crippen LogP contribution in [-0.4, -0.2) is 115 Å². The summed E-state index contributed by atoms with van der Waals surface area (Å²) in [4.78, 5) is 11.6. The molecule has 7 N–H and O–H groups in total. The third kappa shape index (κ3) is 5.68. The first-order chi connectivity index (χ1) is 23.2. The Bertz CT molecular complexity index is 1430. The van der Waals surface area contributed by atoms with E-state index in [0.29, 0.717) is 12.8 Å². The van der Waals surface area contributed by atoms with Crippen molar-refractivity contribution >= 4 is 0 Å². The maximum absolute atomic E-state index is 12.5. The number of aliphatic hydroxyl groups is 7. The van der Waals surface area contributed by atoms with E-state index in [1.54, 1.807) is 6.26 Å². The Labute approximate surface area is 285 Å². The molecule has 7 rings (SSSR count). The van der Waals surface area contributed by atoms with Gasteiger partial charge in [0.1, 0.15) is 42.7 Å². The van der Waals surface area contributed by atoms with Gasteiger partial charge in [-0.2, -0.15) is 0 Å². The van der Waals surface area contributed by atoms with E-state index in [-0.39, 0.29) is 34.2 Å². The Balaban J connectivity index is 1.06. The number of aliphatic hydroxyl groups excluding tert-OH is 6. The molecule has 0 radical (unpaired) electrons. The molecule has 6 aliphatic rings. The van der Waals surface area contributed by atoms with Crippen LogP contribution in [-0.2, 0) is 18.9 Å². The van der Waals surface area contributed by atoms with Crippen molar-refractivity contribution in [3.63, 3.8) is 0 Å². The summed E-state index contributed by atoms with van der Waals surface area (Å²) < 4.78 is 28.7. The van der Waals surface area contributed by atoms with Crippen molar-refractivity contribution in [3.8, 4) is 0 Å². The van der Waals surface area contributed by atoms with Crippen LogP contribution < -0.4 is 5.63 Å². The molecular weight excluding hydrogens is 640 g/mol. The number of fused-ring (bicyclic) bond motifs is 5. The summed E-state index contributed by atoms with van der Waals surface area (Å²) in [6.45, 7) is 5.41. The van der Waals surface area contributed by atoms with Crippen molar-refractivity contribution < 1.29 is 59.1 Å². The van der Waals surface area contributed by atoms with Crippen molar-refractivity contribution in [3.05, 3.63) is 46.0 Å². The highest BCUT2D eigenvalue weighted by Crippen LogP contribution is 2.70. The van der Waals surface area contributed by atoms with Gasteiger partial charge < -0.3 is 59.1 Å². The molecule has 0 bridgehead atoms. The van der Waals surface area contributed by atoms with Gasteiger partial charge in [0.2, 0.25) is 0 Å². The van der Waals surface area contributed by atoms with Gasteiger partial charge in [0.25, 0.3) is 0 Å². The maximum atomic E-state index is 12.5. The predicted molar refractivity (Wildman–Crippen MR) is 171 cm³/mol. The van der Waals surface area contributed by atoms with Crippen LogP contribution in [0.3, 0.4) is 0 Å². The molecule has 13 nitrogen and oxygen atoms in total. The first-order valence-corrected chi connectivity index (χ1v) is 17.9. The van der Waals surface area contributed by atoms with Crippen LogP contribution in [0.15, 0.2) is 39.3 Å². The number of ether oxygens (including phenoxy) is 4. The highest BCUT2D eigenvalue weighted by atomic mass is 16.7. The number of allylic oxidation sites excluding steroid dienone is 1. The van der Waals surface area contributed by atoms with E-state index in [1.165, 1.54) is 18.6 Å². The lowest BCUT2D eigenvalue weighted by molar-refractivity contribution is -0.360. The van der Waals surface area contributed by atoms with E-state index in [4.69, 9.17) is 23.4 Å². The van der Waals surface area contributed by atoms with Crippen LogP contribution >= 0.6 is 0 Å². The Kier molecular flexibility index (Phi) is 9.48. The molecule has 0 aromatic carbocycles. The molecule has 4 aliphatic carbocycles. The fourth-order valence-corrected chi connectivity index (χ4v) is 10.7. The maximum Gasteiger partial charge on any atom is 0.335 e. The summed E-state index contributed by atoms with van der Waals surface area (Å²) in [5.41, 5.74) is 0.542. The zero-order valence-corrected chi connectivity index (χ0v) is 28.3. The van der Waals surface area contributed by atoms with E-state index < -0.39 is 79.7 Å². The summed E-state index contributed by atoms with van der Waals surface area (Å²) in [7, 11) is 0. The Hall–Kier alpha value is -1.75. The molecule has 0 unspecified atom stereocenters. The van der Waals surface area contributed by atoms with Gasteiger partial charge in [0.05, 0.1) is 30.7 Å². The van der Waals surface area contributed by atoms with Gasteiger partial charge in [-0.3, -0.25) is 0 Å². The second kappa shape index (κ2) is 13.0. The van der Waals surface area contributed by atoms with E-state index in [1.807, 2.05) is 6.07 Å². The van der Waals surface area contributed by atoms with Crippen molar-refractivity contribution in [1.29, 1.82) is 0 Å². The van der Waals surface area contributed by atoms with E-state index in [2.05, 4.69) is 19.9 Å². The smallest absolute Gasteiger partial charge is 0.335 e. The van der Waals surface area contributed by atoms with E-state index in [9.17, 15) is 40.5 Å². The largest absolute Gasteiger partial charge is 0.431 e. The van der Waals surface area contributed by atoms with Crippen LogP contribution in [0.2, 0.25) is 0 Å². The zero-order valence-electron chi connectivity index (χ0n) is 28.3. The predicted octanol–water partition coefficient (Wildman–Crippen LogP) is 0.838. The van der Waals surface area contributed by atoms with Gasteiger partial charge in [0.15, 0.2) is 12.6 Å². The molecule has 0 amide bonds. The molecule has 1 aromatic rings. The van der Waals surface area contributed by atoms with E-state index >= 15 is 0 Å². The van der Waals surface area contributed by atoms with Crippen molar-refractivity contribution in [2.24, 2.45) is 22.7 Å². The fraction of sp³-hybridized carbons (Fsp3) is 0.806. The summed E-state index contributed by atoms with van der Waals surface area (Å²) in [5.74, 6) is 0.514. The molecule has 2 aliphatic heterocycles. The second-order valence-electron chi connectivity index (χ2n) is 15.9. The standard InChI is InChI=1S/C36H52O13/c1-17-26(39)28(41)29(42)32(46-17)49-31-27(40)24(15-37)48-33(30(31)43)47-20-8-11-34(2)19(14-20)5-6-23-22(34)9-12-35(3)21(10-13-36(23,35)44)18-4-7-25(38)45-16-18/h4,7,14,16-17,20-24,26-33,37,39-44H,5-6,8-13,15H2,1-3H3/t17-,20-,21+,22-,23+,24-,26-,27-,28+,29+,30+,31+,32-,33-,34-,35+,36-/m0/s1. The Morgan fingerprint density at radius 1 is 0.837 bits per heavy atom. The zero-order chi connectivity index (χ0) is 35.0. The molecule has 1 aromatic heterocycles. The topological polar surface area (TPSA) is 209 Å². The summed E-state index contributed by atoms with van der Waals surface area (Å²) in [5, 5.41) is 75.5. The van der Waals surface area contributed by atoms with Crippen molar-refractivity contribution in [1.82, 2.24) is 0 Å². The van der Waals surface area contributed by atoms with Crippen LogP contribution in [0.1, 0.15) is 83.6 Å². The Morgan fingerprint density at radius 3 is 2.31 bits per heavy atom. The third-order valence-electron chi connectivity index (χ3n) is 13.6. The van der Waals surface area contributed by atoms with Crippen molar-refractivity contribution in [2.75, 3.05) is 6.61 Å². The van der Waals surface area contributed by atoms with Crippen LogP contribution in [0, 0.1) is 22.7 Å². The minimum absolute atomic E-state index is 0.112. The minimum Gasteiger partial charge on any atom is -0.431 e. The van der Waals surface area contributed by atoms with Gasteiger partial charge >= 0.3 is 5.63 Å². The van der Waals surface area contributed by atoms with Gasteiger partial charge in [-0.15, -0.1) is 0 Å². The normalized spacial score (nSPS) is 51.3. The monoisotopic (exact) mass is 692 g/mol. The molecule has 17 atom stereocenters. The minimum atomic E-state index is -1.65. The molecule has 3 saturated carbocycles. The lowest BCUT2D eigenvalue weighted by Gasteiger charge is -2.62. The van der Waals surface area contributed by atoms with Crippen LogP contribution in [0.4, 0.5) is 0 Å². The van der Waals surface area contributed by atoms with Crippen molar-refractivity contribution in [2.45, 2.75) is 151 Å². The molecule has 13 heteroatoms. The summed E-state index contributed by atoms with van der Waals surface area (Å²) >= 11 is 0. The number of hydrogen-bond acceptors (Lipinski definition) is 13. The van der Waals surface area contributed by atoms with Gasteiger partial charge in [-0.25, -0.2) is 4.79 Å². The Morgan fingerprint density at radius 2 is 1.59 bits per heavy atom. The number of rotatable bonds is 6. The molecule has 5 fully saturated rings. The second-order valence-corrected chi connectivity index (χ2v) is 15.9. The SMILES string of the molecule is C[C@@H]1O[C@@H](O[C@@H]2[C@@H](O)[C@H](CO)O[C@H](O[C@@H]3C=C4CC[C@@H]5[C@H](CC[C@]6(C)[C@@H](c7ccc(=O)oc7)CC[C@]56O)[C@@]4(C)CC3)[C@@H]2O)[C@H](O)[C@H](O)[C@H]1O. The quantitative estimate of drug-likeness (QED) is 0.207. The molecule has 2 saturated heterocycles. The van der Waals surface area contributed by atoms with Gasteiger partial charge in [-0.05, 0) is 93.1 Å².